The van der Waals surface area contributed by atoms with Crippen molar-refractivity contribution in [3.63, 3.8) is 0 Å². The third-order valence-electron chi connectivity index (χ3n) is 3.60. The molecule has 0 saturated carbocycles. The minimum atomic E-state index is 0.138. The molecule has 2 heterocycles. The largest absolute Gasteiger partial charge is 0.493 e. The van der Waals surface area contributed by atoms with Gasteiger partial charge in [0.25, 0.3) is 0 Å². The zero-order chi connectivity index (χ0) is 14.1. The first-order valence-corrected chi connectivity index (χ1v) is 6.61. The fourth-order valence-corrected chi connectivity index (χ4v) is 2.56. The van der Waals surface area contributed by atoms with E-state index < -0.39 is 0 Å². The fraction of sp³-hybridized carbons (Fsp3) is 0.429. The number of nitrogens with two attached hydrogens (primary N) is 1. The highest BCUT2D eigenvalue weighted by Crippen LogP contribution is 2.38. The van der Waals surface area contributed by atoms with Gasteiger partial charge in [-0.1, -0.05) is 0 Å². The zero-order valence-corrected chi connectivity index (χ0v) is 11.7. The molecule has 0 spiro atoms. The molecule has 1 aromatic carbocycles. The van der Waals surface area contributed by atoms with Crippen molar-refractivity contribution in [1.29, 1.82) is 0 Å². The number of methoxy groups -OCH3 is 1. The Kier molecular flexibility index (Phi) is 3.31. The lowest BCUT2D eigenvalue weighted by Gasteiger charge is -2.18. The van der Waals surface area contributed by atoms with Crippen molar-refractivity contribution in [3.05, 3.63) is 18.5 Å². The van der Waals surface area contributed by atoms with E-state index in [0.29, 0.717) is 17.3 Å². The van der Waals surface area contributed by atoms with Gasteiger partial charge >= 0.3 is 0 Å². The van der Waals surface area contributed by atoms with Crippen LogP contribution in [0.1, 0.15) is 6.42 Å². The predicted molar refractivity (Wildman–Crippen MR) is 77.0 cm³/mol. The van der Waals surface area contributed by atoms with E-state index in [2.05, 4.69) is 21.9 Å². The fourth-order valence-electron chi connectivity index (χ4n) is 2.56. The van der Waals surface area contributed by atoms with Gasteiger partial charge in [-0.3, -0.25) is 0 Å². The van der Waals surface area contributed by atoms with Crippen LogP contribution in [0.15, 0.2) is 18.5 Å². The van der Waals surface area contributed by atoms with Gasteiger partial charge in [0.05, 0.1) is 18.0 Å². The molecule has 0 aliphatic carbocycles. The van der Waals surface area contributed by atoms with Gasteiger partial charge in [-0.25, -0.2) is 9.97 Å². The number of anilines is 1. The van der Waals surface area contributed by atoms with Crippen LogP contribution in [0.2, 0.25) is 0 Å². The van der Waals surface area contributed by atoms with E-state index in [1.165, 1.54) is 6.33 Å². The van der Waals surface area contributed by atoms with E-state index in [9.17, 15) is 0 Å². The molecule has 2 N–H and O–H groups in total. The second kappa shape index (κ2) is 5.13. The monoisotopic (exact) mass is 274 g/mol. The number of hydrogen-bond donors (Lipinski definition) is 1. The second-order valence-corrected chi connectivity index (χ2v) is 5.04. The summed E-state index contributed by atoms with van der Waals surface area (Å²) in [7, 11) is 3.70. The lowest BCUT2D eigenvalue weighted by molar-refractivity contribution is 0.202. The maximum absolute atomic E-state index is 6.14. The van der Waals surface area contributed by atoms with Crippen molar-refractivity contribution in [2.24, 2.45) is 0 Å². The SMILES string of the molecule is COc1ccc2ncnc(N)c2c1OC1CCN(C)C1. The van der Waals surface area contributed by atoms with Crippen molar-refractivity contribution < 1.29 is 9.47 Å². The van der Waals surface area contributed by atoms with Gasteiger partial charge in [-0.05, 0) is 25.6 Å². The number of likely N-dealkylation sites (tertiary alicyclic amines) is 1. The number of aromatic nitrogens is 2. The summed E-state index contributed by atoms with van der Waals surface area (Å²) < 4.78 is 11.5. The lowest BCUT2D eigenvalue weighted by atomic mass is 10.2. The van der Waals surface area contributed by atoms with Crippen LogP contribution in [0.4, 0.5) is 5.82 Å². The number of likely N-dealkylation sites (N-methyl/N-ethyl adjacent to an activating group) is 1. The molecule has 6 nitrogen and oxygen atoms in total. The molecular formula is C14H18N4O2. The number of benzene rings is 1. The van der Waals surface area contributed by atoms with E-state index >= 15 is 0 Å². The molecule has 1 aliphatic heterocycles. The van der Waals surface area contributed by atoms with E-state index in [1.54, 1.807) is 7.11 Å². The molecule has 6 heteroatoms. The van der Waals surface area contributed by atoms with Crippen LogP contribution in [0, 0.1) is 0 Å². The summed E-state index contributed by atoms with van der Waals surface area (Å²) in [6, 6.07) is 3.71. The highest BCUT2D eigenvalue weighted by molar-refractivity contribution is 5.95. The Bertz CT molecular complexity index is 632. The molecule has 1 aromatic heterocycles. The van der Waals surface area contributed by atoms with Gasteiger partial charge in [0, 0.05) is 13.1 Å². The number of ether oxygens (including phenoxy) is 2. The van der Waals surface area contributed by atoms with Gasteiger partial charge in [-0.2, -0.15) is 0 Å². The van der Waals surface area contributed by atoms with Crippen LogP contribution in [-0.4, -0.2) is 48.2 Å². The van der Waals surface area contributed by atoms with Gasteiger partial charge in [0.2, 0.25) is 0 Å². The topological polar surface area (TPSA) is 73.5 Å². The summed E-state index contributed by atoms with van der Waals surface area (Å²) in [6.45, 7) is 1.93. The molecule has 106 valence electrons. The molecular weight excluding hydrogens is 256 g/mol. The standard InChI is InChI=1S/C14H18N4O2/c1-18-6-5-9(7-18)20-13-11(19-2)4-3-10-12(13)14(15)17-8-16-10/h3-4,8-9H,5-7H2,1-2H3,(H2,15,16,17). The highest BCUT2D eigenvalue weighted by atomic mass is 16.5. The number of nitrogen functional groups attached to an aromatic ring is 1. The van der Waals surface area contributed by atoms with Crippen LogP contribution in [0.5, 0.6) is 11.5 Å². The maximum Gasteiger partial charge on any atom is 0.174 e. The first-order chi connectivity index (χ1) is 9.69. The summed E-state index contributed by atoms with van der Waals surface area (Å²) in [4.78, 5) is 10.5. The summed E-state index contributed by atoms with van der Waals surface area (Å²) in [5.41, 5.74) is 6.75. The smallest absolute Gasteiger partial charge is 0.174 e. The minimum absolute atomic E-state index is 0.138. The maximum atomic E-state index is 6.14. The Morgan fingerprint density at radius 2 is 2.20 bits per heavy atom. The Hall–Kier alpha value is -2.08. The summed E-state index contributed by atoms with van der Waals surface area (Å²) in [5.74, 6) is 1.72. The van der Waals surface area contributed by atoms with Crippen LogP contribution in [0.3, 0.4) is 0 Å². The molecule has 2 aromatic rings. The first-order valence-electron chi connectivity index (χ1n) is 6.61. The van der Waals surface area contributed by atoms with Crippen molar-refractivity contribution in [2.75, 3.05) is 33.0 Å². The average molecular weight is 274 g/mol. The Morgan fingerprint density at radius 1 is 1.35 bits per heavy atom. The van der Waals surface area contributed by atoms with Crippen LogP contribution in [0.25, 0.3) is 10.9 Å². The molecule has 1 aliphatic rings. The predicted octanol–water partition coefficient (Wildman–Crippen LogP) is 1.30. The van der Waals surface area contributed by atoms with Gasteiger partial charge in [0.15, 0.2) is 11.5 Å². The second-order valence-electron chi connectivity index (χ2n) is 5.04. The van der Waals surface area contributed by atoms with Crippen molar-refractivity contribution >= 4 is 16.7 Å². The zero-order valence-electron chi connectivity index (χ0n) is 11.7. The number of nitrogens with zero attached hydrogens (tertiary/aromatic N) is 3. The molecule has 0 bridgehead atoms. The Morgan fingerprint density at radius 3 is 2.90 bits per heavy atom. The van der Waals surface area contributed by atoms with Crippen LogP contribution < -0.4 is 15.2 Å². The third-order valence-corrected chi connectivity index (χ3v) is 3.60. The van der Waals surface area contributed by atoms with Gasteiger partial charge in [0.1, 0.15) is 18.2 Å². The van der Waals surface area contributed by atoms with E-state index in [1.807, 2.05) is 12.1 Å². The van der Waals surface area contributed by atoms with E-state index in [4.69, 9.17) is 15.2 Å². The third kappa shape index (κ3) is 2.22. The molecule has 1 atom stereocenters. The van der Waals surface area contributed by atoms with Crippen LogP contribution in [-0.2, 0) is 0 Å². The van der Waals surface area contributed by atoms with E-state index in [-0.39, 0.29) is 6.10 Å². The quantitative estimate of drug-likeness (QED) is 0.909. The number of rotatable bonds is 3. The average Bonchev–Trinajstić information content (AvgIpc) is 2.84. The molecule has 1 unspecified atom stereocenters. The van der Waals surface area contributed by atoms with Crippen LogP contribution >= 0.6 is 0 Å². The molecule has 20 heavy (non-hydrogen) atoms. The molecule has 1 saturated heterocycles. The molecule has 0 amide bonds. The Balaban J connectivity index is 2.06. The molecule has 1 fully saturated rings. The van der Waals surface area contributed by atoms with Crippen molar-refractivity contribution in [2.45, 2.75) is 12.5 Å². The molecule has 0 radical (unpaired) electrons. The van der Waals surface area contributed by atoms with Crippen molar-refractivity contribution in [1.82, 2.24) is 14.9 Å². The van der Waals surface area contributed by atoms with E-state index in [0.717, 1.165) is 30.4 Å². The lowest BCUT2D eigenvalue weighted by Crippen LogP contribution is -2.21. The number of fused-ring (bicyclic) bond motifs is 1. The minimum Gasteiger partial charge on any atom is -0.493 e. The highest BCUT2D eigenvalue weighted by Gasteiger charge is 2.24. The summed E-state index contributed by atoms with van der Waals surface area (Å²) in [6.07, 6.45) is 2.58. The van der Waals surface area contributed by atoms with Gasteiger partial charge in [-0.15, -0.1) is 0 Å². The molecule has 3 rings (SSSR count). The normalized spacial score (nSPS) is 19.4. The first kappa shape index (κ1) is 12.9. The Labute approximate surface area is 117 Å². The van der Waals surface area contributed by atoms with Gasteiger partial charge < -0.3 is 20.1 Å². The summed E-state index contributed by atoms with van der Waals surface area (Å²) in [5, 5.41) is 0.724. The summed E-state index contributed by atoms with van der Waals surface area (Å²) >= 11 is 0. The number of hydrogen-bond acceptors (Lipinski definition) is 6. The van der Waals surface area contributed by atoms with Crippen molar-refractivity contribution in [3.8, 4) is 11.5 Å².